The zero-order valence-electron chi connectivity index (χ0n) is 12.2. The third-order valence-corrected chi connectivity index (χ3v) is 3.93. The van der Waals surface area contributed by atoms with Gasteiger partial charge in [-0.2, -0.15) is 14.9 Å². The zero-order valence-corrected chi connectivity index (χ0v) is 14.6. The van der Waals surface area contributed by atoms with E-state index < -0.39 is 0 Å². The van der Waals surface area contributed by atoms with E-state index in [-0.39, 0.29) is 0 Å². The summed E-state index contributed by atoms with van der Waals surface area (Å²) in [6, 6.07) is 15.4. The van der Waals surface area contributed by atoms with Crippen LogP contribution in [0.1, 0.15) is 5.56 Å². The Morgan fingerprint density at radius 2 is 2.09 bits per heavy atom. The first-order chi connectivity index (χ1) is 11.2. The number of aromatic amines is 1. The third-order valence-electron chi connectivity index (χ3n) is 3.17. The lowest BCUT2D eigenvalue weighted by molar-refractivity contribution is 0.416. The van der Waals surface area contributed by atoms with E-state index in [9.17, 15) is 0 Å². The third kappa shape index (κ3) is 3.40. The van der Waals surface area contributed by atoms with Crippen molar-refractivity contribution in [3.05, 3.63) is 63.3 Å². The monoisotopic (exact) mass is 388 g/mol. The summed E-state index contributed by atoms with van der Waals surface area (Å²) in [5, 5.41) is 11.5. The highest BCUT2D eigenvalue weighted by Crippen LogP contribution is 2.28. The van der Waals surface area contributed by atoms with E-state index >= 15 is 0 Å². The van der Waals surface area contributed by atoms with E-state index in [1.807, 2.05) is 48.5 Å². The molecule has 0 unspecified atom stereocenters. The molecule has 0 aliphatic rings. The SMILES string of the molecule is COc1ccccc1-c1n[nH]c(=S)n1N=Cc1cccc(Br)c1. The highest BCUT2D eigenvalue weighted by molar-refractivity contribution is 9.10. The van der Waals surface area contributed by atoms with Gasteiger partial charge in [0.05, 0.1) is 18.9 Å². The summed E-state index contributed by atoms with van der Waals surface area (Å²) < 4.78 is 8.36. The molecule has 0 aliphatic heterocycles. The molecule has 116 valence electrons. The second-order valence-corrected chi connectivity index (χ2v) is 5.97. The number of aromatic nitrogens is 3. The van der Waals surface area contributed by atoms with Gasteiger partial charge in [0, 0.05) is 4.47 Å². The summed E-state index contributed by atoms with van der Waals surface area (Å²) >= 11 is 8.72. The summed E-state index contributed by atoms with van der Waals surface area (Å²) in [6.07, 6.45) is 1.73. The van der Waals surface area contributed by atoms with Crippen LogP contribution in [0.15, 0.2) is 58.1 Å². The van der Waals surface area contributed by atoms with Crippen molar-refractivity contribution in [2.24, 2.45) is 5.10 Å². The number of nitrogens with zero attached hydrogens (tertiary/aromatic N) is 3. The minimum atomic E-state index is 0.414. The molecule has 0 atom stereocenters. The second-order valence-electron chi connectivity index (χ2n) is 4.66. The molecule has 0 amide bonds. The lowest BCUT2D eigenvalue weighted by Crippen LogP contribution is -1.97. The van der Waals surface area contributed by atoms with Gasteiger partial charge in [-0.1, -0.05) is 40.2 Å². The van der Waals surface area contributed by atoms with Gasteiger partial charge in [0.25, 0.3) is 0 Å². The molecule has 1 aromatic heterocycles. The Morgan fingerprint density at radius 3 is 2.87 bits per heavy atom. The number of benzene rings is 2. The zero-order chi connectivity index (χ0) is 16.2. The molecule has 23 heavy (non-hydrogen) atoms. The number of halogens is 1. The summed E-state index contributed by atoms with van der Waals surface area (Å²) in [6.45, 7) is 0. The topological polar surface area (TPSA) is 55.2 Å². The van der Waals surface area contributed by atoms with Crippen LogP contribution in [0.2, 0.25) is 0 Å². The van der Waals surface area contributed by atoms with Gasteiger partial charge in [0.2, 0.25) is 4.77 Å². The summed E-state index contributed by atoms with van der Waals surface area (Å²) in [4.78, 5) is 0. The smallest absolute Gasteiger partial charge is 0.216 e. The molecule has 1 heterocycles. The molecule has 3 aromatic rings. The average molecular weight is 389 g/mol. The number of methoxy groups -OCH3 is 1. The number of rotatable bonds is 4. The van der Waals surface area contributed by atoms with Crippen molar-refractivity contribution in [3.63, 3.8) is 0 Å². The minimum Gasteiger partial charge on any atom is -0.496 e. The highest BCUT2D eigenvalue weighted by Gasteiger charge is 2.12. The van der Waals surface area contributed by atoms with E-state index in [0.717, 1.165) is 15.6 Å². The summed E-state index contributed by atoms with van der Waals surface area (Å²) in [7, 11) is 1.62. The molecule has 1 N–H and O–H groups in total. The molecule has 3 rings (SSSR count). The van der Waals surface area contributed by atoms with Gasteiger partial charge in [-0.3, -0.25) is 0 Å². The van der Waals surface area contributed by atoms with Crippen molar-refractivity contribution >= 4 is 34.4 Å². The molecular weight excluding hydrogens is 376 g/mol. The lowest BCUT2D eigenvalue weighted by Gasteiger charge is -2.06. The van der Waals surface area contributed by atoms with Gasteiger partial charge in [-0.05, 0) is 42.0 Å². The largest absolute Gasteiger partial charge is 0.496 e. The molecule has 0 fully saturated rings. The maximum atomic E-state index is 5.38. The average Bonchev–Trinajstić information content (AvgIpc) is 2.93. The van der Waals surface area contributed by atoms with E-state index in [1.54, 1.807) is 18.0 Å². The first-order valence-electron chi connectivity index (χ1n) is 6.80. The first kappa shape index (κ1) is 15.6. The number of hydrogen-bond donors (Lipinski definition) is 1. The standard InChI is InChI=1S/C16H13BrN4OS/c1-22-14-8-3-2-7-13(14)15-19-20-16(23)21(15)18-10-11-5-4-6-12(17)9-11/h2-10H,1H3,(H,20,23). The number of hydrogen-bond acceptors (Lipinski definition) is 4. The van der Waals surface area contributed by atoms with E-state index in [0.29, 0.717) is 16.3 Å². The normalized spacial score (nSPS) is 11.0. The summed E-state index contributed by atoms with van der Waals surface area (Å²) in [5.74, 6) is 1.30. The quantitative estimate of drug-likeness (QED) is 0.536. The van der Waals surface area contributed by atoms with Crippen molar-refractivity contribution in [2.45, 2.75) is 0 Å². The first-order valence-corrected chi connectivity index (χ1v) is 8.00. The number of para-hydroxylation sites is 1. The summed E-state index contributed by atoms with van der Waals surface area (Å²) in [5.41, 5.74) is 1.77. The van der Waals surface area contributed by atoms with Crippen LogP contribution in [0.3, 0.4) is 0 Å². The van der Waals surface area contributed by atoms with Gasteiger partial charge >= 0.3 is 0 Å². The molecule has 2 aromatic carbocycles. The fourth-order valence-electron chi connectivity index (χ4n) is 2.11. The Hall–Kier alpha value is -2.25. The predicted molar refractivity (Wildman–Crippen MR) is 96.5 cm³/mol. The van der Waals surface area contributed by atoms with Crippen LogP contribution >= 0.6 is 28.1 Å². The van der Waals surface area contributed by atoms with Gasteiger partial charge in [-0.15, -0.1) is 0 Å². The maximum Gasteiger partial charge on any atom is 0.216 e. The van der Waals surface area contributed by atoms with Crippen LogP contribution in [0.25, 0.3) is 11.4 Å². The van der Waals surface area contributed by atoms with Crippen LogP contribution in [0, 0.1) is 4.77 Å². The Balaban J connectivity index is 2.04. The van der Waals surface area contributed by atoms with Crippen LogP contribution in [-0.4, -0.2) is 28.2 Å². The molecule has 0 aliphatic carbocycles. The van der Waals surface area contributed by atoms with Crippen LogP contribution < -0.4 is 4.74 Å². The van der Waals surface area contributed by atoms with Crippen LogP contribution in [0.5, 0.6) is 5.75 Å². The predicted octanol–water partition coefficient (Wildman–Crippen LogP) is 4.26. The Bertz CT molecular complexity index is 916. The van der Waals surface area contributed by atoms with E-state index in [1.165, 1.54) is 0 Å². The van der Waals surface area contributed by atoms with E-state index in [2.05, 4.69) is 31.2 Å². The van der Waals surface area contributed by atoms with E-state index in [4.69, 9.17) is 17.0 Å². The van der Waals surface area contributed by atoms with Crippen molar-refractivity contribution in [1.82, 2.24) is 14.9 Å². The van der Waals surface area contributed by atoms with Crippen LogP contribution in [0.4, 0.5) is 0 Å². The van der Waals surface area contributed by atoms with Crippen LogP contribution in [-0.2, 0) is 0 Å². The Labute approximate surface area is 146 Å². The Morgan fingerprint density at radius 1 is 1.26 bits per heavy atom. The molecule has 7 heteroatoms. The fourth-order valence-corrected chi connectivity index (χ4v) is 2.71. The molecule has 0 spiro atoms. The van der Waals surface area contributed by atoms with Gasteiger partial charge < -0.3 is 4.74 Å². The van der Waals surface area contributed by atoms with Gasteiger partial charge in [0.15, 0.2) is 5.82 Å². The highest BCUT2D eigenvalue weighted by atomic mass is 79.9. The molecule has 5 nitrogen and oxygen atoms in total. The Kier molecular flexibility index (Phi) is 4.68. The maximum absolute atomic E-state index is 5.38. The molecule has 0 saturated heterocycles. The van der Waals surface area contributed by atoms with Gasteiger partial charge in [-0.25, -0.2) is 5.10 Å². The van der Waals surface area contributed by atoms with Crippen molar-refractivity contribution in [1.29, 1.82) is 0 Å². The number of H-pyrrole nitrogens is 1. The number of ether oxygens (including phenoxy) is 1. The molecule has 0 radical (unpaired) electrons. The fraction of sp³-hybridized carbons (Fsp3) is 0.0625. The lowest BCUT2D eigenvalue weighted by atomic mass is 10.2. The van der Waals surface area contributed by atoms with Crippen molar-refractivity contribution in [2.75, 3.05) is 7.11 Å². The molecule has 0 bridgehead atoms. The molecular formula is C16H13BrN4OS. The molecule has 0 saturated carbocycles. The van der Waals surface area contributed by atoms with Crippen molar-refractivity contribution in [3.8, 4) is 17.1 Å². The number of nitrogens with one attached hydrogen (secondary N) is 1. The second kappa shape index (κ2) is 6.89. The van der Waals surface area contributed by atoms with Gasteiger partial charge in [0.1, 0.15) is 5.75 Å². The minimum absolute atomic E-state index is 0.414. The van der Waals surface area contributed by atoms with Crippen molar-refractivity contribution < 1.29 is 4.74 Å².